The molecule has 0 atom stereocenters. The van der Waals surface area contributed by atoms with Gasteiger partial charge in [-0.25, -0.2) is 9.59 Å². The maximum absolute atomic E-state index is 11.3. The van der Waals surface area contributed by atoms with Gasteiger partial charge in [0.05, 0.1) is 0 Å². The molecule has 0 aliphatic heterocycles. The SMILES string of the molecule is CC(C)(NC(=O)Oc1ccccc1)C(=O)O. The minimum Gasteiger partial charge on any atom is -0.480 e. The number of nitrogens with one attached hydrogen (secondary N) is 1. The Bertz CT molecular complexity index is 386. The molecule has 1 rings (SSSR count). The van der Waals surface area contributed by atoms with E-state index in [1.165, 1.54) is 13.8 Å². The van der Waals surface area contributed by atoms with Crippen molar-refractivity contribution < 1.29 is 19.4 Å². The third kappa shape index (κ3) is 3.27. The fourth-order valence-corrected chi connectivity index (χ4v) is 0.930. The van der Waals surface area contributed by atoms with Gasteiger partial charge in [-0.15, -0.1) is 0 Å². The highest BCUT2D eigenvalue weighted by Crippen LogP contribution is 2.09. The molecular formula is C11H13NO4. The van der Waals surface area contributed by atoms with Gasteiger partial charge in [-0.3, -0.25) is 0 Å². The molecule has 1 amide bonds. The topological polar surface area (TPSA) is 75.6 Å². The fraction of sp³-hybridized carbons (Fsp3) is 0.273. The zero-order valence-corrected chi connectivity index (χ0v) is 9.06. The van der Waals surface area contributed by atoms with E-state index in [9.17, 15) is 9.59 Å². The smallest absolute Gasteiger partial charge is 0.413 e. The normalized spacial score (nSPS) is 10.6. The van der Waals surface area contributed by atoms with Crippen LogP contribution in [-0.2, 0) is 4.79 Å². The molecule has 0 saturated heterocycles. The average Bonchev–Trinajstić information content (AvgIpc) is 2.17. The lowest BCUT2D eigenvalue weighted by molar-refractivity contribution is -0.143. The van der Waals surface area contributed by atoms with Crippen molar-refractivity contribution in [2.45, 2.75) is 19.4 Å². The number of rotatable bonds is 3. The molecule has 5 heteroatoms. The van der Waals surface area contributed by atoms with Gasteiger partial charge < -0.3 is 15.2 Å². The Labute approximate surface area is 93.0 Å². The monoisotopic (exact) mass is 223 g/mol. The maximum atomic E-state index is 11.3. The highest BCUT2D eigenvalue weighted by Gasteiger charge is 2.29. The number of benzene rings is 1. The molecule has 0 spiro atoms. The Morgan fingerprint density at radius 3 is 2.31 bits per heavy atom. The van der Waals surface area contributed by atoms with Crippen LogP contribution in [0.1, 0.15) is 13.8 Å². The van der Waals surface area contributed by atoms with Crippen LogP contribution in [0.25, 0.3) is 0 Å². The van der Waals surface area contributed by atoms with Crippen molar-refractivity contribution >= 4 is 12.1 Å². The summed E-state index contributed by atoms with van der Waals surface area (Å²) in [5.74, 6) is -0.765. The van der Waals surface area contributed by atoms with Crippen molar-refractivity contribution in [1.82, 2.24) is 5.32 Å². The van der Waals surface area contributed by atoms with Crippen LogP contribution in [0.2, 0.25) is 0 Å². The molecule has 0 fully saturated rings. The van der Waals surface area contributed by atoms with Crippen molar-refractivity contribution in [1.29, 1.82) is 0 Å². The number of ether oxygens (including phenoxy) is 1. The standard InChI is InChI=1S/C11H13NO4/c1-11(2,9(13)14)12-10(15)16-8-6-4-3-5-7-8/h3-7H,1-2H3,(H,12,15)(H,13,14). The lowest BCUT2D eigenvalue weighted by atomic mass is 10.1. The van der Waals surface area contributed by atoms with Crippen LogP contribution in [0.4, 0.5) is 4.79 Å². The highest BCUT2D eigenvalue weighted by molar-refractivity contribution is 5.84. The Morgan fingerprint density at radius 2 is 1.81 bits per heavy atom. The number of para-hydroxylation sites is 1. The van der Waals surface area contributed by atoms with Crippen LogP contribution in [0.5, 0.6) is 5.75 Å². The molecule has 0 saturated carbocycles. The van der Waals surface area contributed by atoms with E-state index in [4.69, 9.17) is 9.84 Å². The largest absolute Gasteiger partial charge is 0.480 e. The molecule has 0 aromatic heterocycles. The highest BCUT2D eigenvalue weighted by atomic mass is 16.6. The first kappa shape index (κ1) is 12.0. The summed E-state index contributed by atoms with van der Waals surface area (Å²) in [6.45, 7) is 2.75. The molecule has 0 aliphatic rings. The van der Waals surface area contributed by atoms with Crippen molar-refractivity contribution in [3.05, 3.63) is 30.3 Å². The molecular weight excluding hydrogens is 210 g/mol. The fourth-order valence-electron chi connectivity index (χ4n) is 0.930. The maximum Gasteiger partial charge on any atom is 0.413 e. The minimum atomic E-state index is -1.36. The summed E-state index contributed by atoms with van der Waals surface area (Å²) in [4.78, 5) is 22.1. The quantitative estimate of drug-likeness (QED) is 0.816. The summed E-state index contributed by atoms with van der Waals surface area (Å²) in [6, 6.07) is 8.42. The van der Waals surface area contributed by atoms with Crippen LogP contribution in [0, 0.1) is 0 Å². The Kier molecular flexibility index (Phi) is 3.50. The third-order valence-electron chi connectivity index (χ3n) is 1.90. The van der Waals surface area contributed by atoms with Gasteiger partial charge in [0.15, 0.2) is 0 Å². The van der Waals surface area contributed by atoms with Gasteiger partial charge in [-0.2, -0.15) is 0 Å². The number of carbonyl (C=O) groups excluding carboxylic acids is 1. The summed E-state index contributed by atoms with van der Waals surface area (Å²) >= 11 is 0. The van der Waals surface area contributed by atoms with Crippen LogP contribution in [0.3, 0.4) is 0 Å². The number of carbonyl (C=O) groups is 2. The van der Waals surface area contributed by atoms with Gasteiger partial charge in [-0.05, 0) is 26.0 Å². The second-order valence-electron chi connectivity index (χ2n) is 3.76. The number of hydrogen-bond acceptors (Lipinski definition) is 3. The molecule has 0 bridgehead atoms. The second kappa shape index (κ2) is 4.65. The van der Waals surface area contributed by atoms with E-state index in [-0.39, 0.29) is 0 Å². The molecule has 0 heterocycles. The Balaban J connectivity index is 2.58. The zero-order chi connectivity index (χ0) is 12.2. The van der Waals surface area contributed by atoms with E-state index in [0.29, 0.717) is 5.75 Å². The van der Waals surface area contributed by atoms with E-state index >= 15 is 0 Å². The molecule has 1 aromatic rings. The number of hydrogen-bond donors (Lipinski definition) is 2. The molecule has 2 N–H and O–H groups in total. The first-order valence-electron chi connectivity index (χ1n) is 4.70. The summed E-state index contributed by atoms with van der Waals surface area (Å²) in [7, 11) is 0. The predicted molar refractivity (Wildman–Crippen MR) is 57.3 cm³/mol. The van der Waals surface area contributed by atoms with E-state index < -0.39 is 17.6 Å². The Hall–Kier alpha value is -2.04. The van der Waals surface area contributed by atoms with Crippen LogP contribution in [0.15, 0.2) is 30.3 Å². The number of carboxylic acids is 1. The van der Waals surface area contributed by atoms with Gasteiger partial charge in [0.2, 0.25) is 0 Å². The van der Waals surface area contributed by atoms with E-state index in [1.54, 1.807) is 30.3 Å². The lowest BCUT2D eigenvalue weighted by Crippen LogP contribution is -2.50. The third-order valence-corrected chi connectivity index (χ3v) is 1.90. The summed E-state index contributed by atoms with van der Waals surface area (Å²) in [6.07, 6.45) is -0.793. The van der Waals surface area contributed by atoms with Gasteiger partial charge in [0.25, 0.3) is 0 Å². The molecule has 1 aromatic carbocycles. The van der Waals surface area contributed by atoms with E-state index in [1.807, 2.05) is 0 Å². The van der Waals surface area contributed by atoms with Crippen molar-refractivity contribution in [3.8, 4) is 5.75 Å². The summed E-state index contributed by atoms with van der Waals surface area (Å²) in [5, 5.41) is 11.0. The van der Waals surface area contributed by atoms with Crippen LogP contribution in [-0.4, -0.2) is 22.7 Å². The predicted octanol–water partition coefficient (Wildman–Crippen LogP) is 1.64. The summed E-state index contributed by atoms with van der Waals surface area (Å²) in [5.41, 5.74) is -1.36. The van der Waals surface area contributed by atoms with Crippen LogP contribution < -0.4 is 10.1 Å². The molecule has 0 radical (unpaired) electrons. The minimum absolute atomic E-state index is 0.362. The molecule has 5 nitrogen and oxygen atoms in total. The Morgan fingerprint density at radius 1 is 1.25 bits per heavy atom. The van der Waals surface area contributed by atoms with Crippen molar-refractivity contribution in [3.63, 3.8) is 0 Å². The average molecular weight is 223 g/mol. The van der Waals surface area contributed by atoms with Crippen molar-refractivity contribution in [2.75, 3.05) is 0 Å². The first-order chi connectivity index (χ1) is 7.42. The lowest BCUT2D eigenvalue weighted by Gasteiger charge is -2.20. The second-order valence-corrected chi connectivity index (χ2v) is 3.76. The number of aliphatic carboxylic acids is 1. The number of amides is 1. The van der Waals surface area contributed by atoms with Crippen molar-refractivity contribution in [2.24, 2.45) is 0 Å². The van der Waals surface area contributed by atoms with Gasteiger partial charge >= 0.3 is 12.1 Å². The van der Waals surface area contributed by atoms with E-state index in [0.717, 1.165) is 0 Å². The molecule has 0 aliphatic carbocycles. The molecule has 0 unspecified atom stereocenters. The van der Waals surface area contributed by atoms with E-state index in [2.05, 4.69) is 5.32 Å². The molecule has 86 valence electrons. The summed E-state index contributed by atoms with van der Waals surface area (Å²) < 4.78 is 4.89. The van der Waals surface area contributed by atoms with Gasteiger partial charge in [0, 0.05) is 0 Å². The van der Waals surface area contributed by atoms with Crippen LogP contribution >= 0.6 is 0 Å². The molecule has 16 heavy (non-hydrogen) atoms. The first-order valence-corrected chi connectivity index (χ1v) is 4.70. The van der Waals surface area contributed by atoms with Gasteiger partial charge in [0.1, 0.15) is 11.3 Å². The number of carboxylic acid groups (broad SMARTS) is 1. The zero-order valence-electron chi connectivity index (χ0n) is 9.06. The van der Waals surface area contributed by atoms with Gasteiger partial charge in [-0.1, -0.05) is 18.2 Å².